The van der Waals surface area contributed by atoms with E-state index in [1.807, 2.05) is 13.8 Å². The number of nitrogens with one attached hydrogen (secondary N) is 1. The van der Waals surface area contributed by atoms with E-state index in [4.69, 9.17) is 0 Å². The number of nitrogens with zero attached hydrogens (tertiary/aromatic N) is 2. The van der Waals surface area contributed by atoms with Gasteiger partial charge < -0.3 is 15.1 Å². The zero-order chi connectivity index (χ0) is 13.3. The van der Waals surface area contributed by atoms with Crippen molar-refractivity contribution in [1.29, 1.82) is 0 Å². The molecule has 0 spiro atoms. The van der Waals surface area contributed by atoms with Gasteiger partial charge in [-0.15, -0.1) is 0 Å². The van der Waals surface area contributed by atoms with Gasteiger partial charge in [-0.2, -0.15) is 0 Å². The molecule has 1 atom stereocenters. The molecule has 1 N–H and O–H groups in total. The van der Waals surface area contributed by atoms with Crippen LogP contribution >= 0.6 is 0 Å². The maximum absolute atomic E-state index is 11.8. The van der Waals surface area contributed by atoms with Crippen LogP contribution in [0, 0.1) is 11.8 Å². The Morgan fingerprint density at radius 2 is 1.78 bits per heavy atom. The predicted molar refractivity (Wildman–Crippen MR) is 69.0 cm³/mol. The van der Waals surface area contributed by atoms with Crippen LogP contribution in [0.2, 0.25) is 0 Å². The summed E-state index contributed by atoms with van der Waals surface area (Å²) >= 11 is 0. The van der Waals surface area contributed by atoms with Crippen molar-refractivity contribution >= 4 is 11.8 Å². The van der Waals surface area contributed by atoms with Crippen molar-refractivity contribution in [3.63, 3.8) is 0 Å². The summed E-state index contributed by atoms with van der Waals surface area (Å²) in [6.45, 7) is 7.67. The summed E-state index contributed by atoms with van der Waals surface area (Å²) in [5, 5.41) is 2.72. The fourth-order valence-corrected chi connectivity index (χ4v) is 2.55. The molecule has 2 heterocycles. The van der Waals surface area contributed by atoms with E-state index in [1.54, 1.807) is 4.90 Å². The highest BCUT2D eigenvalue weighted by molar-refractivity contribution is 6.35. The number of hydrogen-bond donors (Lipinski definition) is 1. The topological polar surface area (TPSA) is 52.7 Å². The maximum atomic E-state index is 11.8. The van der Waals surface area contributed by atoms with E-state index < -0.39 is 5.91 Å². The Morgan fingerprint density at radius 3 is 2.28 bits per heavy atom. The first-order valence-electron chi connectivity index (χ1n) is 6.79. The molecular formula is C13H23N3O2. The highest BCUT2D eigenvalue weighted by Crippen LogP contribution is 2.30. The second-order valence-electron chi connectivity index (χ2n) is 5.73. The summed E-state index contributed by atoms with van der Waals surface area (Å²) in [6, 6.07) is 0.0683. The van der Waals surface area contributed by atoms with Crippen molar-refractivity contribution in [1.82, 2.24) is 15.1 Å². The third-order valence-corrected chi connectivity index (χ3v) is 4.14. The first-order chi connectivity index (χ1) is 8.51. The molecule has 2 fully saturated rings. The van der Waals surface area contributed by atoms with E-state index in [1.165, 1.54) is 0 Å². The van der Waals surface area contributed by atoms with Gasteiger partial charge in [0.2, 0.25) is 0 Å². The van der Waals surface area contributed by atoms with Crippen molar-refractivity contribution in [2.24, 2.45) is 11.8 Å². The van der Waals surface area contributed by atoms with Gasteiger partial charge in [0.25, 0.3) is 0 Å². The number of likely N-dealkylation sites (tertiary alicyclic amines) is 2. The van der Waals surface area contributed by atoms with E-state index >= 15 is 0 Å². The number of carbonyl (C=O) groups excluding carboxylic acids is 2. The minimum atomic E-state index is -0.450. The van der Waals surface area contributed by atoms with Crippen LogP contribution in [0.1, 0.15) is 20.3 Å². The molecule has 5 nitrogen and oxygen atoms in total. The van der Waals surface area contributed by atoms with Crippen LogP contribution in [0.5, 0.6) is 0 Å². The molecule has 0 aliphatic carbocycles. The van der Waals surface area contributed by atoms with Crippen LogP contribution in [-0.2, 0) is 9.59 Å². The highest BCUT2D eigenvalue weighted by atomic mass is 16.2. The molecule has 0 aromatic heterocycles. The second kappa shape index (κ2) is 5.26. The van der Waals surface area contributed by atoms with Gasteiger partial charge >= 0.3 is 11.8 Å². The van der Waals surface area contributed by atoms with Gasteiger partial charge in [0, 0.05) is 32.2 Å². The fourth-order valence-electron chi connectivity index (χ4n) is 2.55. The van der Waals surface area contributed by atoms with E-state index in [0.29, 0.717) is 5.92 Å². The fraction of sp³-hybridized carbons (Fsp3) is 0.846. The number of rotatable bonds is 3. The monoisotopic (exact) mass is 253 g/mol. The van der Waals surface area contributed by atoms with Crippen molar-refractivity contribution < 1.29 is 9.59 Å². The van der Waals surface area contributed by atoms with Crippen LogP contribution < -0.4 is 5.32 Å². The lowest BCUT2D eigenvalue weighted by molar-refractivity contribution is -0.152. The molecule has 2 rings (SSSR count). The summed E-state index contributed by atoms with van der Waals surface area (Å²) in [7, 11) is 2.11. The van der Waals surface area contributed by atoms with Gasteiger partial charge in [-0.3, -0.25) is 9.59 Å². The molecule has 2 amide bonds. The second-order valence-corrected chi connectivity index (χ2v) is 5.73. The number of hydrogen-bond acceptors (Lipinski definition) is 3. The molecule has 2 saturated heterocycles. The van der Waals surface area contributed by atoms with Gasteiger partial charge in [-0.25, -0.2) is 0 Å². The predicted octanol–water partition coefficient (Wildman–Crippen LogP) is -0.0789. The lowest BCUT2D eigenvalue weighted by atomic mass is 9.81. The van der Waals surface area contributed by atoms with Crippen LogP contribution in [-0.4, -0.2) is 60.9 Å². The van der Waals surface area contributed by atoms with Crippen molar-refractivity contribution in [3.05, 3.63) is 0 Å². The lowest BCUT2D eigenvalue weighted by Crippen LogP contribution is -2.62. The molecule has 0 aromatic rings. The van der Waals surface area contributed by atoms with Crippen molar-refractivity contribution in [2.75, 3.05) is 33.2 Å². The Hall–Kier alpha value is -1.10. The van der Waals surface area contributed by atoms with Gasteiger partial charge in [0.05, 0.1) is 0 Å². The Bertz CT molecular complexity index is 333. The third kappa shape index (κ3) is 2.66. The Kier molecular flexibility index (Phi) is 3.90. The third-order valence-electron chi connectivity index (χ3n) is 4.14. The molecule has 18 heavy (non-hydrogen) atoms. The van der Waals surface area contributed by atoms with E-state index in [0.717, 1.165) is 38.5 Å². The van der Waals surface area contributed by atoms with Gasteiger partial charge in [0.1, 0.15) is 0 Å². The van der Waals surface area contributed by atoms with Gasteiger partial charge in [-0.1, -0.05) is 6.92 Å². The highest BCUT2D eigenvalue weighted by Gasteiger charge is 2.41. The molecule has 0 aromatic carbocycles. The van der Waals surface area contributed by atoms with E-state index in [2.05, 4.69) is 17.3 Å². The molecule has 1 unspecified atom stereocenters. The van der Waals surface area contributed by atoms with Crippen molar-refractivity contribution in [2.45, 2.75) is 26.3 Å². The molecule has 2 aliphatic heterocycles. The largest absolute Gasteiger partial charge is 0.345 e. The Labute approximate surface area is 108 Å². The average Bonchev–Trinajstić information content (AvgIpc) is 2.24. The lowest BCUT2D eigenvalue weighted by Gasteiger charge is -2.49. The molecule has 2 aliphatic rings. The molecule has 0 radical (unpaired) electrons. The van der Waals surface area contributed by atoms with Crippen LogP contribution in [0.25, 0.3) is 0 Å². The first-order valence-corrected chi connectivity index (χ1v) is 6.79. The zero-order valence-corrected chi connectivity index (χ0v) is 11.5. The quantitative estimate of drug-likeness (QED) is 0.716. The minimum Gasteiger partial charge on any atom is -0.345 e. The molecule has 0 saturated carbocycles. The summed E-state index contributed by atoms with van der Waals surface area (Å²) in [5.74, 6) is 0.506. The van der Waals surface area contributed by atoms with Crippen molar-refractivity contribution in [3.8, 4) is 0 Å². The Morgan fingerprint density at radius 1 is 1.22 bits per heavy atom. The normalized spacial score (nSPS) is 23.2. The number of amides is 2. The van der Waals surface area contributed by atoms with Crippen LogP contribution in [0.4, 0.5) is 0 Å². The zero-order valence-electron chi connectivity index (χ0n) is 11.5. The summed E-state index contributed by atoms with van der Waals surface area (Å²) in [6.07, 6.45) is 0.843. The standard InChI is InChI=1S/C13H23N3O2/c1-4-9(2)14-12(17)13(18)16-7-11(8-16)10-5-15(3)6-10/h9-11H,4-8H2,1-3H3,(H,14,17). The molecular weight excluding hydrogens is 230 g/mol. The summed E-state index contributed by atoms with van der Waals surface area (Å²) < 4.78 is 0. The first kappa shape index (κ1) is 13.3. The minimum absolute atomic E-state index is 0.0683. The van der Waals surface area contributed by atoms with Crippen LogP contribution in [0.3, 0.4) is 0 Å². The maximum Gasteiger partial charge on any atom is 0.311 e. The average molecular weight is 253 g/mol. The van der Waals surface area contributed by atoms with Gasteiger partial charge in [0.15, 0.2) is 0 Å². The Balaban J connectivity index is 1.71. The van der Waals surface area contributed by atoms with E-state index in [9.17, 15) is 9.59 Å². The van der Waals surface area contributed by atoms with Gasteiger partial charge in [-0.05, 0) is 32.2 Å². The van der Waals surface area contributed by atoms with E-state index in [-0.39, 0.29) is 11.9 Å². The van der Waals surface area contributed by atoms with Crippen LogP contribution in [0.15, 0.2) is 0 Å². The molecule has 102 valence electrons. The molecule has 0 bridgehead atoms. The smallest absolute Gasteiger partial charge is 0.311 e. The summed E-state index contributed by atoms with van der Waals surface area (Å²) in [4.78, 5) is 27.4. The SMILES string of the molecule is CCC(C)NC(=O)C(=O)N1CC(C2CN(C)C2)C1. The summed E-state index contributed by atoms with van der Waals surface area (Å²) in [5.41, 5.74) is 0. The number of carbonyl (C=O) groups is 2. The molecule has 5 heteroatoms.